The van der Waals surface area contributed by atoms with Gasteiger partial charge in [-0.1, -0.05) is 30.9 Å². The fourth-order valence-electron chi connectivity index (χ4n) is 3.60. The Hall–Kier alpha value is -2.12. The highest BCUT2D eigenvalue weighted by molar-refractivity contribution is 7.92. The molecule has 8 heteroatoms. The van der Waals surface area contributed by atoms with Crippen molar-refractivity contribution in [2.75, 3.05) is 18.4 Å². The van der Waals surface area contributed by atoms with Gasteiger partial charge < -0.3 is 4.90 Å². The van der Waals surface area contributed by atoms with Gasteiger partial charge in [0.05, 0.1) is 21.2 Å². The minimum atomic E-state index is -3.95. The number of anilines is 1. The van der Waals surface area contributed by atoms with Crippen molar-refractivity contribution in [1.29, 1.82) is 0 Å². The summed E-state index contributed by atoms with van der Waals surface area (Å²) in [6, 6.07) is 9.39. The molecular weight excluding hydrogens is 415 g/mol. The first-order valence-corrected chi connectivity index (χ1v) is 11.3. The molecule has 0 heterocycles. The van der Waals surface area contributed by atoms with E-state index in [1.165, 1.54) is 55.9 Å². The second kappa shape index (κ2) is 8.71. The van der Waals surface area contributed by atoms with Gasteiger partial charge in [0.1, 0.15) is 5.82 Å². The number of hydrogen-bond donors (Lipinski definition) is 0. The minimum Gasteiger partial charge on any atom is -0.339 e. The lowest BCUT2D eigenvalue weighted by Crippen LogP contribution is -2.38. The lowest BCUT2D eigenvalue weighted by Gasteiger charge is -2.31. The van der Waals surface area contributed by atoms with Gasteiger partial charge in [-0.3, -0.25) is 9.10 Å². The van der Waals surface area contributed by atoms with Crippen molar-refractivity contribution < 1.29 is 17.6 Å². The van der Waals surface area contributed by atoms with Crippen LogP contribution in [0.5, 0.6) is 0 Å². The van der Waals surface area contributed by atoms with Crippen LogP contribution in [0.4, 0.5) is 10.1 Å². The first-order valence-electron chi connectivity index (χ1n) is 9.53. The summed E-state index contributed by atoms with van der Waals surface area (Å²) >= 11 is 6.24. The molecular formula is C21H24ClFN2O3S. The van der Waals surface area contributed by atoms with Crippen LogP contribution in [0.25, 0.3) is 0 Å². The van der Waals surface area contributed by atoms with E-state index in [1.54, 1.807) is 11.9 Å². The Morgan fingerprint density at radius 2 is 1.66 bits per heavy atom. The summed E-state index contributed by atoms with van der Waals surface area (Å²) in [7, 11) is -0.828. The predicted molar refractivity (Wildman–Crippen MR) is 112 cm³/mol. The van der Waals surface area contributed by atoms with Gasteiger partial charge in [0.2, 0.25) is 0 Å². The minimum absolute atomic E-state index is 0.0471. The van der Waals surface area contributed by atoms with Crippen LogP contribution in [0, 0.1) is 5.82 Å². The van der Waals surface area contributed by atoms with Crippen LogP contribution >= 0.6 is 11.6 Å². The van der Waals surface area contributed by atoms with Crippen molar-refractivity contribution in [3.8, 4) is 0 Å². The molecule has 156 valence electrons. The molecule has 3 rings (SSSR count). The zero-order chi connectivity index (χ0) is 21.2. The molecule has 0 unspecified atom stereocenters. The third-order valence-electron chi connectivity index (χ3n) is 5.46. The highest BCUT2D eigenvalue weighted by Crippen LogP contribution is 2.28. The summed E-state index contributed by atoms with van der Waals surface area (Å²) in [5, 5.41) is 0.209. The summed E-state index contributed by atoms with van der Waals surface area (Å²) in [6.45, 7) is 0. The number of rotatable bonds is 5. The summed E-state index contributed by atoms with van der Waals surface area (Å²) in [4.78, 5) is 14.6. The number of hydrogen-bond acceptors (Lipinski definition) is 3. The number of amides is 1. The van der Waals surface area contributed by atoms with Crippen molar-refractivity contribution in [2.45, 2.75) is 43.0 Å². The lowest BCUT2D eigenvalue weighted by molar-refractivity contribution is 0.0696. The van der Waals surface area contributed by atoms with Gasteiger partial charge in [-0.05, 0) is 55.3 Å². The van der Waals surface area contributed by atoms with Crippen LogP contribution < -0.4 is 4.31 Å². The first-order chi connectivity index (χ1) is 13.7. The topological polar surface area (TPSA) is 57.7 Å². The number of sulfonamides is 1. The SMILES string of the molecule is CN(C(=O)c1cc(S(=O)(=O)N(C)c2ccc(F)cc2)ccc1Cl)C1CCCCC1. The molecule has 29 heavy (non-hydrogen) atoms. The molecule has 1 amide bonds. The van der Waals surface area contributed by atoms with Gasteiger partial charge in [-0.25, -0.2) is 12.8 Å². The molecule has 1 aliphatic rings. The monoisotopic (exact) mass is 438 g/mol. The van der Waals surface area contributed by atoms with Crippen molar-refractivity contribution in [2.24, 2.45) is 0 Å². The van der Waals surface area contributed by atoms with Gasteiger partial charge >= 0.3 is 0 Å². The zero-order valence-electron chi connectivity index (χ0n) is 16.4. The normalized spacial score (nSPS) is 15.2. The molecule has 0 N–H and O–H groups in total. The van der Waals surface area contributed by atoms with Crippen LogP contribution in [-0.4, -0.2) is 39.4 Å². The lowest BCUT2D eigenvalue weighted by atomic mass is 9.94. The first kappa shape index (κ1) is 21.6. The zero-order valence-corrected chi connectivity index (χ0v) is 18.0. The average Bonchev–Trinajstić information content (AvgIpc) is 2.73. The predicted octanol–water partition coefficient (Wildman–Crippen LogP) is 4.71. The summed E-state index contributed by atoms with van der Waals surface area (Å²) in [5.41, 5.74) is 0.474. The largest absolute Gasteiger partial charge is 0.339 e. The number of benzene rings is 2. The van der Waals surface area contributed by atoms with Crippen LogP contribution in [-0.2, 0) is 10.0 Å². The van der Waals surface area contributed by atoms with Crippen molar-refractivity contribution in [3.63, 3.8) is 0 Å². The summed E-state index contributed by atoms with van der Waals surface area (Å²) in [5.74, 6) is -0.743. The van der Waals surface area contributed by atoms with E-state index < -0.39 is 15.8 Å². The molecule has 0 spiro atoms. The van der Waals surface area contributed by atoms with Gasteiger partial charge in [-0.15, -0.1) is 0 Å². The molecule has 1 saturated carbocycles. The molecule has 2 aromatic carbocycles. The van der Waals surface area contributed by atoms with E-state index in [2.05, 4.69) is 0 Å². The van der Waals surface area contributed by atoms with Crippen molar-refractivity contribution in [3.05, 3.63) is 58.9 Å². The molecule has 2 aromatic rings. The highest BCUT2D eigenvalue weighted by atomic mass is 35.5. The van der Waals surface area contributed by atoms with Gasteiger partial charge in [0, 0.05) is 20.1 Å². The molecule has 0 bridgehead atoms. The van der Waals surface area contributed by atoms with E-state index in [9.17, 15) is 17.6 Å². The molecule has 0 saturated heterocycles. The molecule has 1 aliphatic carbocycles. The van der Waals surface area contributed by atoms with E-state index in [0.717, 1.165) is 30.0 Å². The smallest absolute Gasteiger partial charge is 0.264 e. The third-order valence-corrected chi connectivity index (χ3v) is 7.57. The standard InChI is InChI=1S/C21H24ClFN2O3S/c1-24(16-6-4-3-5-7-16)21(26)19-14-18(12-13-20(19)22)29(27,28)25(2)17-10-8-15(23)9-11-17/h8-14,16H,3-7H2,1-2H3. The molecule has 5 nitrogen and oxygen atoms in total. The Labute approximate surface area is 176 Å². The molecule has 1 fully saturated rings. The number of carbonyl (C=O) groups is 1. The maximum atomic E-state index is 13.2. The molecule has 0 aliphatic heterocycles. The maximum Gasteiger partial charge on any atom is 0.264 e. The van der Waals surface area contributed by atoms with Gasteiger partial charge in [0.15, 0.2) is 0 Å². The molecule has 0 atom stereocenters. The Bertz CT molecular complexity index is 989. The Kier molecular flexibility index (Phi) is 6.49. The number of carbonyl (C=O) groups excluding carboxylic acids is 1. The second-order valence-electron chi connectivity index (χ2n) is 7.30. The Morgan fingerprint density at radius 1 is 1.03 bits per heavy atom. The van der Waals surface area contributed by atoms with Crippen molar-refractivity contribution in [1.82, 2.24) is 4.90 Å². The number of nitrogens with zero attached hydrogens (tertiary/aromatic N) is 2. The van der Waals surface area contributed by atoms with Crippen LogP contribution in [0.2, 0.25) is 5.02 Å². The Morgan fingerprint density at radius 3 is 2.28 bits per heavy atom. The van der Waals surface area contributed by atoms with E-state index in [4.69, 9.17) is 11.6 Å². The van der Waals surface area contributed by atoms with E-state index in [1.807, 2.05) is 0 Å². The van der Waals surface area contributed by atoms with Gasteiger partial charge in [-0.2, -0.15) is 0 Å². The maximum absolute atomic E-state index is 13.2. The number of halogens is 2. The van der Waals surface area contributed by atoms with E-state index >= 15 is 0 Å². The van der Waals surface area contributed by atoms with Crippen LogP contribution in [0.3, 0.4) is 0 Å². The van der Waals surface area contributed by atoms with Gasteiger partial charge in [0.25, 0.3) is 15.9 Å². The quantitative estimate of drug-likeness (QED) is 0.679. The van der Waals surface area contributed by atoms with Crippen LogP contribution in [0.1, 0.15) is 42.5 Å². The average molecular weight is 439 g/mol. The van der Waals surface area contributed by atoms with E-state index in [-0.39, 0.29) is 27.4 Å². The molecule has 0 radical (unpaired) electrons. The van der Waals surface area contributed by atoms with Crippen molar-refractivity contribution >= 4 is 33.2 Å². The fourth-order valence-corrected chi connectivity index (χ4v) is 5.02. The fraction of sp³-hybridized carbons (Fsp3) is 0.381. The third kappa shape index (κ3) is 4.56. The summed E-state index contributed by atoms with van der Waals surface area (Å²) < 4.78 is 40.3. The summed E-state index contributed by atoms with van der Waals surface area (Å²) in [6.07, 6.45) is 5.19. The molecule has 0 aromatic heterocycles. The van der Waals surface area contributed by atoms with E-state index in [0.29, 0.717) is 5.69 Å². The Balaban J connectivity index is 1.91. The highest BCUT2D eigenvalue weighted by Gasteiger charge is 2.27. The van der Waals surface area contributed by atoms with Crippen LogP contribution in [0.15, 0.2) is 47.4 Å². The second-order valence-corrected chi connectivity index (χ2v) is 9.67.